The van der Waals surface area contributed by atoms with E-state index in [9.17, 15) is 0 Å². The van der Waals surface area contributed by atoms with Crippen LogP contribution in [0.5, 0.6) is 0 Å². The van der Waals surface area contributed by atoms with Gasteiger partial charge in [-0.05, 0) is 32.8 Å². The minimum absolute atomic E-state index is 0.518. The Kier molecular flexibility index (Phi) is 4.43. The van der Waals surface area contributed by atoms with Crippen LogP contribution in [0, 0.1) is 6.57 Å². The summed E-state index contributed by atoms with van der Waals surface area (Å²) in [4.78, 5) is 7.86. The first-order valence-electron chi connectivity index (χ1n) is 5.77. The van der Waals surface area contributed by atoms with E-state index in [1.54, 1.807) is 7.05 Å². The van der Waals surface area contributed by atoms with E-state index in [4.69, 9.17) is 23.9 Å². The van der Waals surface area contributed by atoms with Gasteiger partial charge >= 0.3 is 0 Å². The van der Waals surface area contributed by atoms with Gasteiger partial charge in [0.15, 0.2) is 0 Å². The summed E-state index contributed by atoms with van der Waals surface area (Å²) in [5.41, 5.74) is 7.41. The van der Waals surface area contributed by atoms with Gasteiger partial charge < -0.3 is 5.73 Å². The lowest BCUT2D eigenvalue weighted by atomic mass is 10.0. The third kappa shape index (κ3) is 2.43. The lowest BCUT2D eigenvalue weighted by Crippen LogP contribution is -2.03. The van der Waals surface area contributed by atoms with E-state index < -0.39 is 0 Å². The van der Waals surface area contributed by atoms with Crippen molar-refractivity contribution in [2.45, 2.75) is 0 Å². The van der Waals surface area contributed by atoms with Gasteiger partial charge in [-0.3, -0.25) is 4.99 Å². The van der Waals surface area contributed by atoms with Crippen LogP contribution < -0.4 is 5.73 Å². The van der Waals surface area contributed by atoms with E-state index in [-0.39, 0.29) is 0 Å². The van der Waals surface area contributed by atoms with Crippen LogP contribution in [-0.2, 0) is 0 Å². The fourth-order valence-electron chi connectivity index (χ4n) is 2.05. The van der Waals surface area contributed by atoms with E-state index in [1.807, 2.05) is 30.3 Å². The molecule has 5 heteroatoms. The van der Waals surface area contributed by atoms with E-state index in [1.165, 1.54) is 6.20 Å². The Labute approximate surface area is 130 Å². The maximum absolute atomic E-state index is 7.46. The standard InChI is InChI=1S/C15H11BrClN3/c1-19-14-10-4-3-5-13(17)9(10)6-7-11(14)15(20-2)12(16)8-18/h3-8H,18H2,2H3/b12-8+,20-15?. The van der Waals surface area contributed by atoms with Gasteiger partial charge in [0.05, 0.1) is 16.8 Å². The average Bonchev–Trinajstić information content (AvgIpc) is 2.47. The molecule has 0 spiro atoms. The highest BCUT2D eigenvalue weighted by Crippen LogP contribution is 2.35. The molecule has 0 heterocycles. The van der Waals surface area contributed by atoms with E-state index in [0.717, 1.165) is 16.3 Å². The monoisotopic (exact) mass is 347 g/mol. The van der Waals surface area contributed by atoms with Gasteiger partial charge in [-0.25, -0.2) is 4.85 Å². The second-order valence-electron chi connectivity index (χ2n) is 4.00. The highest BCUT2D eigenvalue weighted by molar-refractivity contribution is 9.12. The minimum Gasteiger partial charge on any atom is -0.404 e. The minimum atomic E-state index is 0.518. The van der Waals surface area contributed by atoms with Crippen LogP contribution in [0.15, 0.2) is 46.0 Å². The molecule has 2 N–H and O–H groups in total. The number of hydrogen-bond acceptors (Lipinski definition) is 2. The van der Waals surface area contributed by atoms with Crippen LogP contribution in [0.2, 0.25) is 5.02 Å². The second-order valence-corrected chi connectivity index (χ2v) is 5.26. The fraction of sp³-hybridized carbons (Fsp3) is 0.0667. The maximum Gasteiger partial charge on any atom is 0.204 e. The number of halogens is 2. The molecule has 0 bridgehead atoms. The smallest absolute Gasteiger partial charge is 0.204 e. The molecule has 2 rings (SSSR count). The molecule has 20 heavy (non-hydrogen) atoms. The average molecular weight is 349 g/mol. The molecule has 0 fully saturated rings. The van der Waals surface area contributed by atoms with Crippen molar-refractivity contribution >= 4 is 49.7 Å². The number of nitrogens with two attached hydrogens (primary N) is 1. The lowest BCUT2D eigenvalue weighted by Gasteiger charge is -2.10. The van der Waals surface area contributed by atoms with Gasteiger partial charge in [-0.15, -0.1) is 0 Å². The van der Waals surface area contributed by atoms with Crippen LogP contribution in [0.4, 0.5) is 5.69 Å². The molecule has 0 saturated carbocycles. The fourth-order valence-corrected chi connectivity index (χ4v) is 2.68. The summed E-state index contributed by atoms with van der Waals surface area (Å²) in [6.45, 7) is 7.46. The van der Waals surface area contributed by atoms with Crippen LogP contribution in [-0.4, -0.2) is 12.8 Å². The van der Waals surface area contributed by atoms with Crippen molar-refractivity contribution in [2.75, 3.05) is 7.05 Å². The topological polar surface area (TPSA) is 42.7 Å². The third-order valence-electron chi connectivity index (χ3n) is 2.94. The zero-order valence-corrected chi connectivity index (χ0v) is 13.0. The van der Waals surface area contributed by atoms with Gasteiger partial charge in [0.2, 0.25) is 5.69 Å². The first-order chi connectivity index (χ1) is 9.63. The Morgan fingerprint density at radius 3 is 2.70 bits per heavy atom. The van der Waals surface area contributed by atoms with E-state index in [0.29, 0.717) is 20.9 Å². The molecule has 2 aromatic rings. The second kappa shape index (κ2) is 6.08. The Hall–Kier alpha value is -1.83. The first kappa shape index (κ1) is 14.6. The zero-order chi connectivity index (χ0) is 14.7. The predicted octanol–water partition coefficient (Wildman–Crippen LogP) is 4.66. The van der Waals surface area contributed by atoms with E-state index >= 15 is 0 Å². The maximum atomic E-state index is 7.46. The molecule has 0 aliphatic heterocycles. The van der Waals surface area contributed by atoms with Gasteiger partial charge in [0.25, 0.3) is 0 Å². The molecular formula is C15H11BrClN3. The number of rotatable bonds is 2. The number of allylic oxidation sites excluding steroid dienone is 1. The molecule has 0 atom stereocenters. The van der Waals surface area contributed by atoms with Crippen LogP contribution >= 0.6 is 27.5 Å². The quantitative estimate of drug-likeness (QED) is 0.622. The Morgan fingerprint density at radius 1 is 1.35 bits per heavy atom. The molecule has 100 valence electrons. The predicted molar refractivity (Wildman–Crippen MR) is 88.9 cm³/mol. The summed E-state index contributed by atoms with van der Waals surface area (Å²) in [5.74, 6) is 0. The molecule has 0 aliphatic carbocycles. The third-order valence-corrected chi connectivity index (χ3v) is 3.91. The number of aliphatic imine (C=N–C) groups is 1. The summed E-state index contributed by atoms with van der Waals surface area (Å²) in [6, 6.07) is 9.26. The SMILES string of the molecule is [C-]#[N+]c1c(C(=NC)/C(Br)=C\N)ccc2c(Cl)cccc12. The summed E-state index contributed by atoms with van der Waals surface area (Å²) >= 11 is 9.53. The summed E-state index contributed by atoms with van der Waals surface area (Å²) in [5, 5.41) is 2.29. The molecular weight excluding hydrogens is 338 g/mol. The largest absolute Gasteiger partial charge is 0.404 e. The van der Waals surface area contributed by atoms with Gasteiger partial charge in [-0.1, -0.05) is 35.9 Å². The summed E-state index contributed by atoms with van der Waals surface area (Å²) in [6.07, 6.45) is 1.41. The first-order valence-corrected chi connectivity index (χ1v) is 6.94. The van der Waals surface area contributed by atoms with E-state index in [2.05, 4.69) is 25.8 Å². The number of benzene rings is 2. The highest BCUT2D eigenvalue weighted by Gasteiger charge is 2.15. The molecule has 0 amide bonds. The van der Waals surface area contributed by atoms with Crippen molar-refractivity contribution in [3.63, 3.8) is 0 Å². The number of hydrogen-bond donors (Lipinski definition) is 1. The van der Waals surface area contributed by atoms with Crippen molar-refractivity contribution in [1.82, 2.24) is 0 Å². The van der Waals surface area contributed by atoms with Crippen molar-refractivity contribution in [1.29, 1.82) is 0 Å². The molecule has 0 aromatic heterocycles. The van der Waals surface area contributed by atoms with Gasteiger partial charge in [0.1, 0.15) is 0 Å². The number of fused-ring (bicyclic) bond motifs is 1. The highest BCUT2D eigenvalue weighted by atomic mass is 79.9. The van der Waals surface area contributed by atoms with Crippen LogP contribution in [0.3, 0.4) is 0 Å². The molecule has 0 radical (unpaired) electrons. The Morgan fingerprint density at radius 2 is 2.10 bits per heavy atom. The summed E-state index contributed by atoms with van der Waals surface area (Å²) < 4.78 is 0.645. The molecule has 0 aliphatic rings. The zero-order valence-electron chi connectivity index (χ0n) is 10.7. The molecule has 3 nitrogen and oxygen atoms in total. The van der Waals surface area contributed by atoms with Crippen molar-refractivity contribution < 1.29 is 0 Å². The Bertz CT molecular complexity index is 773. The van der Waals surface area contributed by atoms with Gasteiger partial charge in [-0.2, -0.15) is 0 Å². The van der Waals surface area contributed by atoms with Crippen molar-refractivity contribution in [2.24, 2.45) is 10.7 Å². The lowest BCUT2D eigenvalue weighted by molar-refractivity contribution is 1.43. The Balaban J connectivity index is 2.84. The molecule has 0 unspecified atom stereocenters. The van der Waals surface area contributed by atoms with Crippen molar-refractivity contribution in [3.05, 3.63) is 63.0 Å². The van der Waals surface area contributed by atoms with Gasteiger partial charge in [0, 0.05) is 23.8 Å². The molecule has 0 saturated heterocycles. The van der Waals surface area contributed by atoms with Crippen molar-refractivity contribution in [3.8, 4) is 0 Å². The number of nitrogens with zero attached hydrogens (tertiary/aromatic N) is 2. The summed E-state index contributed by atoms with van der Waals surface area (Å²) in [7, 11) is 1.66. The van der Waals surface area contributed by atoms with Crippen LogP contribution in [0.1, 0.15) is 5.56 Å². The normalized spacial score (nSPS) is 12.5. The van der Waals surface area contributed by atoms with Crippen LogP contribution in [0.25, 0.3) is 15.6 Å². The molecule has 2 aromatic carbocycles.